The van der Waals surface area contributed by atoms with Crippen molar-refractivity contribution in [1.82, 2.24) is 14.8 Å². The Morgan fingerprint density at radius 3 is 2.78 bits per heavy atom. The fraction of sp³-hybridized carbons (Fsp3) is 0.158. The van der Waals surface area contributed by atoms with Gasteiger partial charge in [-0.3, -0.25) is 14.2 Å². The van der Waals surface area contributed by atoms with Gasteiger partial charge < -0.3 is 5.32 Å². The van der Waals surface area contributed by atoms with Crippen molar-refractivity contribution in [1.29, 1.82) is 0 Å². The number of nitrogens with zero attached hydrogens (tertiary/aromatic N) is 3. The van der Waals surface area contributed by atoms with Crippen molar-refractivity contribution >= 4 is 40.7 Å². The van der Waals surface area contributed by atoms with E-state index in [1.165, 1.54) is 18.7 Å². The van der Waals surface area contributed by atoms with E-state index >= 15 is 0 Å². The first-order valence-corrected chi connectivity index (χ1v) is 9.50. The topological polar surface area (TPSA) is 76.9 Å². The molecule has 0 atom stereocenters. The molecule has 0 aliphatic heterocycles. The second kappa shape index (κ2) is 8.37. The van der Waals surface area contributed by atoms with Crippen molar-refractivity contribution in [2.24, 2.45) is 0 Å². The SMILES string of the molecule is CC(=O)c1cccc(NC(=O)CSc2nncn2-c2ccc(C)c(Cl)c2)c1. The Labute approximate surface area is 165 Å². The van der Waals surface area contributed by atoms with E-state index in [2.05, 4.69) is 15.5 Å². The van der Waals surface area contributed by atoms with Crippen molar-refractivity contribution in [3.8, 4) is 5.69 Å². The minimum atomic E-state index is -0.197. The second-order valence-electron chi connectivity index (χ2n) is 5.89. The van der Waals surface area contributed by atoms with Crippen molar-refractivity contribution in [3.05, 3.63) is 64.9 Å². The maximum atomic E-state index is 12.2. The average Bonchev–Trinajstić information content (AvgIpc) is 3.11. The zero-order valence-corrected chi connectivity index (χ0v) is 16.3. The molecule has 1 aromatic heterocycles. The monoisotopic (exact) mass is 400 g/mol. The number of anilines is 1. The molecule has 6 nitrogen and oxygen atoms in total. The number of thioether (sulfide) groups is 1. The molecule has 0 aliphatic rings. The van der Waals surface area contributed by atoms with Gasteiger partial charge in [0.1, 0.15) is 6.33 Å². The molecule has 0 bridgehead atoms. The maximum absolute atomic E-state index is 12.2. The van der Waals surface area contributed by atoms with Crippen LogP contribution in [-0.4, -0.2) is 32.2 Å². The van der Waals surface area contributed by atoms with Crippen LogP contribution in [0.1, 0.15) is 22.8 Å². The first kappa shape index (κ1) is 19.1. The summed E-state index contributed by atoms with van der Waals surface area (Å²) in [7, 11) is 0. The third-order valence-electron chi connectivity index (χ3n) is 3.84. The number of nitrogens with one attached hydrogen (secondary N) is 1. The first-order chi connectivity index (χ1) is 12.9. The highest BCUT2D eigenvalue weighted by atomic mass is 35.5. The Hall–Kier alpha value is -2.64. The first-order valence-electron chi connectivity index (χ1n) is 8.14. The minimum absolute atomic E-state index is 0.0506. The summed E-state index contributed by atoms with van der Waals surface area (Å²) in [5.41, 5.74) is 2.94. The van der Waals surface area contributed by atoms with Crippen molar-refractivity contribution in [2.75, 3.05) is 11.1 Å². The molecule has 1 amide bonds. The van der Waals surface area contributed by atoms with Gasteiger partial charge in [0.2, 0.25) is 5.91 Å². The summed E-state index contributed by atoms with van der Waals surface area (Å²) in [5.74, 6) is -0.0923. The molecule has 138 valence electrons. The van der Waals surface area contributed by atoms with E-state index in [1.807, 2.05) is 25.1 Å². The van der Waals surface area contributed by atoms with Crippen molar-refractivity contribution < 1.29 is 9.59 Å². The molecule has 1 heterocycles. The fourth-order valence-electron chi connectivity index (χ4n) is 2.37. The number of amides is 1. The number of benzene rings is 2. The quantitative estimate of drug-likeness (QED) is 0.496. The number of aromatic nitrogens is 3. The van der Waals surface area contributed by atoms with Crippen molar-refractivity contribution in [3.63, 3.8) is 0 Å². The lowest BCUT2D eigenvalue weighted by atomic mass is 10.1. The highest BCUT2D eigenvalue weighted by Crippen LogP contribution is 2.24. The van der Waals surface area contributed by atoms with Gasteiger partial charge in [0.15, 0.2) is 10.9 Å². The number of hydrogen-bond donors (Lipinski definition) is 1. The third kappa shape index (κ3) is 4.75. The van der Waals surface area contributed by atoms with Crippen LogP contribution in [0.15, 0.2) is 53.9 Å². The number of halogens is 1. The summed E-state index contributed by atoms with van der Waals surface area (Å²) in [4.78, 5) is 23.7. The van der Waals surface area contributed by atoms with E-state index in [0.29, 0.717) is 21.4 Å². The number of carbonyl (C=O) groups is 2. The Bertz CT molecular complexity index is 1000. The summed E-state index contributed by atoms with van der Waals surface area (Å²) in [6.07, 6.45) is 1.58. The predicted molar refractivity (Wildman–Crippen MR) is 107 cm³/mol. The van der Waals surface area contributed by atoms with Gasteiger partial charge >= 0.3 is 0 Å². The maximum Gasteiger partial charge on any atom is 0.234 e. The van der Waals surface area contributed by atoms with Gasteiger partial charge in [0.05, 0.1) is 11.4 Å². The van der Waals surface area contributed by atoms with E-state index in [4.69, 9.17) is 11.6 Å². The number of carbonyl (C=O) groups excluding carboxylic acids is 2. The molecule has 27 heavy (non-hydrogen) atoms. The molecule has 2 aromatic carbocycles. The molecule has 0 fully saturated rings. The number of aryl methyl sites for hydroxylation is 1. The van der Waals surface area contributed by atoms with Crippen LogP contribution in [0.3, 0.4) is 0 Å². The molecule has 0 radical (unpaired) electrons. The molecular formula is C19H17ClN4O2S. The van der Waals surface area contributed by atoms with Gasteiger partial charge in [-0.25, -0.2) is 0 Å². The normalized spacial score (nSPS) is 10.6. The molecule has 3 rings (SSSR count). The predicted octanol–water partition coefficient (Wildman–Crippen LogP) is 4.16. The number of hydrogen-bond acceptors (Lipinski definition) is 5. The number of ketones is 1. The van der Waals surface area contributed by atoms with E-state index in [9.17, 15) is 9.59 Å². The molecule has 0 saturated carbocycles. The van der Waals surface area contributed by atoms with Crippen LogP contribution in [0.4, 0.5) is 5.69 Å². The van der Waals surface area contributed by atoms with E-state index in [0.717, 1.165) is 11.3 Å². The molecule has 0 spiro atoms. The Balaban J connectivity index is 1.66. The summed E-state index contributed by atoms with van der Waals surface area (Å²) in [5, 5.41) is 12.0. The lowest BCUT2D eigenvalue weighted by Crippen LogP contribution is -2.14. The zero-order chi connectivity index (χ0) is 19.4. The number of rotatable bonds is 6. The minimum Gasteiger partial charge on any atom is -0.325 e. The van der Waals surface area contributed by atoms with Gasteiger partial charge in [0.25, 0.3) is 0 Å². The number of Topliss-reactive ketones (excluding diaryl/α,β-unsaturated/α-hetero) is 1. The van der Waals surface area contributed by atoms with Crippen LogP contribution in [-0.2, 0) is 4.79 Å². The largest absolute Gasteiger partial charge is 0.325 e. The Morgan fingerprint density at radius 2 is 2.04 bits per heavy atom. The van der Waals surface area contributed by atoms with Gasteiger partial charge in [-0.1, -0.05) is 41.6 Å². The molecule has 0 unspecified atom stereocenters. The summed E-state index contributed by atoms with van der Waals surface area (Å²) in [6.45, 7) is 3.42. The Morgan fingerprint density at radius 1 is 1.22 bits per heavy atom. The highest BCUT2D eigenvalue weighted by Gasteiger charge is 2.12. The van der Waals surface area contributed by atoms with E-state index in [1.54, 1.807) is 35.2 Å². The molecule has 1 N–H and O–H groups in total. The zero-order valence-electron chi connectivity index (χ0n) is 14.8. The average molecular weight is 401 g/mol. The second-order valence-corrected chi connectivity index (χ2v) is 7.24. The van der Waals surface area contributed by atoms with Crippen LogP contribution in [0.25, 0.3) is 5.69 Å². The van der Waals surface area contributed by atoms with Gasteiger partial charge in [-0.2, -0.15) is 0 Å². The molecule has 3 aromatic rings. The smallest absolute Gasteiger partial charge is 0.234 e. The lowest BCUT2D eigenvalue weighted by molar-refractivity contribution is -0.113. The molecule has 0 aliphatic carbocycles. The molecule has 0 saturated heterocycles. The summed E-state index contributed by atoms with van der Waals surface area (Å²) < 4.78 is 1.78. The van der Waals surface area contributed by atoms with Gasteiger partial charge in [-0.15, -0.1) is 10.2 Å². The summed E-state index contributed by atoms with van der Waals surface area (Å²) in [6, 6.07) is 12.5. The third-order valence-corrected chi connectivity index (χ3v) is 5.19. The standard InChI is InChI=1S/C19H17ClN4O2S/c1-12-6-7-16(9-17(12)20)24-11-21-23-19(24)27-10-18(26)22-15-5-3-4-14(8-15)13(2)25/h3-9,11H,10H2,1-2H3,(H,22,26). The fourth-order valence-corrected chi connectivity index (χ4v) is 3.28. The van der Waals surface area contributed by atoms with Crippen LogP contribution in [0.2, 0.25) is 5.02 Å². The van der Waals surface area contributed by atoms with Crippen LogP contribution >= 0.6 is 23.4 Å². The van der Waals surface area contributed by atoms with E-state index in [-0.39, 0.29) is 17.4 Å². The highest BCUT2D eigenvalue weighted by molar-refractivity contribution is 7.99. The van der Waals surface area contributed by atoms with Crippen LogP contribution < -0.4 is 5.32 Å². The van der Waals surface area contributed by atoms with Crippen molar-refractivity contribution in [2.45, 2.75) is 19.0 Å². The van der Waals surface area contributed by atoms with E-state index < -0.39 is 0 Å². The van der Waals surface area contributed by atoms with Gasteiger partial charge in [-0.05, 0) is 43.7 Å². The Kier molecular flexibility index (Phi) is 5.93. The lowest BCUT2D eigenvalue weighted by Gasteiger charge is -2.08. The van der Waals surface area contributed by atoms with Gasteiger partial charge in [0, 0.05) is 16.3 Å². The molecule has 8 heteroatoms. The van der Waals surface area contributed by atoms with Crippen LogP contribution in [0, 0.1) is 6.92 Å². The molecular weight excluding hydrogens is 384 g/mol. The summed E-state index contributed by atoms with van der Waals surface area (Å²) >= 11 is 7.45. The van der Waals surface area contributed by atoms with Crippen LogP contribution in [0.5, 0.6) is 0 Å².